The van der Waals surface area contributed by atoms with Gasteiger partial charge in [-0.3, -0.25) is 4.98 Å². The molecule has 0 aliphatic rings. The topological polar surface area (TPSA) is 84.1 Å². The summed E-state index contributed by atoms with van der Waals surface area (Å²) in [4.78, 5) is 8.83. The summed E-state index contributed by atoms with van der Waals surface area (Å²) in [7, 11) is 1.50. The maximum Gasteiger partial charge on any atom is 0.126 e. The lowest BCUT2D eigenvalue weighted by Gasteiger charge is -2.30. The fraction of sp³-hybridized carbons (Fsp3) is 0.360. The Hall–Kier alpha value is -2.76. The molecule has 0 amide bonds. The number of nitrogens with two attached hydrogens (primary N) is 1. The molecule has 0 aliphatic carbocycles. The molecule has 3 atom stereocenters. The second-order valence-electron chi connectivity index (χ2n) is 5.77. The summed E-state index contributed by atoms with van der Waals surface area (Å²) in [6.07, 6.45) is 2.94. The van der Waals surface area contributed by atoms with Crippen LogP contribution in [0.1, 0.15) is 57.8 Å². The Morgan fingerprint density at radius 2 is 1.30 bits per heavy atom. The van der Waals surface area contributed by atoms with Gasteiger partial charge < -0.3 is 16.2 Å². The van der Waals surface area contributed by atoms with E-state index in [-0.39, 0.29) is 12.0 Å². The van der Waals surface area contributed by atoms with Crippen molar-refractivity contribution < 1.29 is 5.11 Å². The number of pyridine rings is 2. The van der Waals surface area contributed by atoms with Crippen LogP contribution >= 0.6 is 0 Å². The van der Waals surface area contributed by atoms with E-state index in [0.717, 1.165) is 17.1 Å². The van der Waals surface area contributed by atoms with Crippen LogP contribution in [-0.4, -0.2) is 28.2 Å². The minimum Gasteiger partial charge on any atom is -0.393 e. The van der Waals surface area contributed by atoms with Crippen LogP contribution in [0.5, 0.6) is 0 Å². The maximum atomic E-state index is 10.5. The van der Waals surface area contributed by atoms with E-state index in [1.807, 2.05) is 82.3 Å². The normalized spacial score (nSPS) is 12.3. The van der Waals surface area contributed by atoms with Crippen molar-refractivity contribution in [2.75, 3.05) is 12.4 Å². The molecule has 0 radical (unpaired) electrons. The molecule has 2 heterocycles. The predicted molar refractivity (Wildman–Crippen MR) is 129 cm³/mol. The largest absolute Gasteiger partial charge is 0.393 e. The Balaban J connectivity index is 0.00000129. The van der Waals surface area contributed by atoms with Crippen molar-refractivity contribution in [3.05, 3.63) is 90.4 Å². The minimum atomic E-state index is -0.568. The zero-order valence-electron chi connectivity index (χ0n) is 19.2. The number of nitrogens with one attached hydrogen (secondary N) is 1. The summed E-state index contributed by atoms with van der Waals surface area (Å²) in [5.41, 5.74) is 6.43. The third-order valence-corrected chi connectivity index (χ3v) is 4.04. The van der Waals surface area contributed by atoms with E-state index < -0.39 is 6.10 Å². The van der Waals surface area contributed by atoms with Crippen molar-refractivity contribution in [1.29, 1.82) is 0 Å². The van der Waals surface area contributed by atoms with Crippen LogP contribution in [0.4, 0.5) is 5.82 Å². The summed E-state index contributed by atoms with van der Waals surface area (Å²) in [6.45, 7) is 9.80. The van der Waals surface area contributed by atoms with Gasteiger partial charge in [0.2, 0.25) is 0 Å². The van der Waals surface area contributed by atoms with Gasteiger partial charge in [-0.15, -0.1) is 0 Å². The second kappa shape index (κ2) is 17.1. The van der Waals surface area contributed by atoms with Gasteiger partial charge in [0.15, 0.2) is 0 Å². The number of anilines is 1. The van der Waals surface area contributed by atoms with Crippen LogP contribution in [0, 0.1) is 0 Å². The second-order valence-corrected chi connectivity index (χ2v) is 5.77. The number of aliphatic hydroxyl groups excluding tert-OH is 1. The molecule has 0 spiro atoms. The molecule has 1 aromatic carbocycles. The molecule has 0 saturated heterocycles. The van der Waals surface area contributed by atoms with Crippen molar-refractivity contribution in [1.82, 2.24) is 9.97 Å². The van der Waals surface area contributed by atoms with E-state index in [0.29, 0.717) is 0 Å². The first kappa shape index (κ1) is 27.2. The molecule has 0 fully saturated rings. The average molecular weight is 411 g/mol. The minimum absolute atomic E-state index is 0.143. The third kappa shape index (κ3) is 8.72. The number of aliphatic hydroxyl groups is 1. The smallest absolute Gasteiger partial charge is 0.126 e. The average Bonchev–Trinajstić information content (AvgIpc) is 2.84. The first-order chi connectivity index (χ1) is 14.8. The highest BCUT2D eigenvalue weighted by Gasteiger charge is 2.30. The number of nitrogens with zero attached hydrogens (tertiary/aromatic N) is 2. The quantitative estimate of drug-likeness (QED) is 0.505. The molecule has 164 valence electrons. The van der Waals surface area contributed by atoms with Crippen LogP contribution in [0.15, 0.2) is 79.1 Å². The molecule has 5 nitrogen and oxygen atoms in total. The zero-order valence-corrected chi connectivity index (χ0v) is 19.2. The molecule has 5 heteroatoms. The number of hydrogen-bond acceptors (Lipinski definition) is 5. The number of hydrogen-bond donors (Lipinski definition) is 3. The van der Waals surface area contributed by atoms with Gasteiger partial charge in [-0.1, -0.05) is 70.2 Å². The monoisotopic (exact) mass is 410 g/mol. The van der Waals surface area contributed by atoms with Crippen LogP contribution in [0.2, 0.25) is 0 Å². The molecule has 4 N–H and O–H groups in total. The molecule has 3 rings (SSSR count). The molecular weight excluding hydrogens is 372 g/mol. The van der Waals surface area contributed by atoms with Gasteiger partial charge in [-0.2, -0.15) is 0 Å². The van der Waals surface area contributed by atoms with Gasteiger partial charge in [0, 0.05) is 18.1 Å². The van der Waals surface area contributed by atoms with Gasteiger partial charge >= 0.3 is 0 Å². The molecule has 0 bridgehead atoms. The summed E-state index contributed by atoms with van der Waals surface area (Å²) in [5, 5.41) is 13.9. The Morgan fingerprint density at radius 1 is 0.767 bits per heavy atom. The lowest BCUT2D eigenvalue weighted by molar-refractivity contribution is 0.150. The molecule has 2 aromatic heterocycles. The molecule has 0 unspecified atom stereocenters. The number of benzene rings is 1. The lowest BCUT2D eigenvalue weighted by atomic mass is 9.86. The first-order valence-electron chi connectivity index (χ1n) is 10.6. The predicted octanol–water partition coefficient (Wildman–Crippen LogP) is 5.42. The van der Waals surface area contributed by atoms with Gasteiger partial charge in [0.25, 0.3) is 0 Å². The van der Waals surface area contributed by atoms with Crippen LogP contribution in [0.25, 0.3) is 0 Å². The maximum absolute atomic E-state index is 10.5. The summed E-state index contributed by atoms with van der Waals surface area (Å²) in [5.74, 6) is 0.573. The zero-order chi connectivity index (χ0) is 22.8. The van der Waals surface area contributed by atoms with E-state index in [2.05, 4.69) is 33.2 Å². The van der Waals surface area contributed by atoms with Crippen molar-refractivity contribution in [3.8, 4) is 0 Å². The van der Waals surface area contributed by atoms with E-state index in [9.17, 15) is 5.11 Å². The summed E-state index contributed by atoms with van der Waals surface area (Å²) in [6, 6.07) is 21.5. The van der Waals surface area contributed by atoms with Crippen LogP contribution in [-0.2, 0) is 0 Å². The third-order valence-electron chi connectivity index (χ3n) is 4.04. The highest BCUT2D eigenvalue weighted by atomic mass is 16.3. The number of rotatable bonds is 6. The molecule has 0 saturated carbocycles. The fourth-order valence-electron chi connectivity index (χ4n) is 2.92. The lowest BCUT2D eigenvalue weighted by Crippen LogP contribution is -2.28. The number of aromatic nitrogens is 2. The van der Waals surface area contributed by atoms with Crippen molar-refractivity contribution in [3.63, 3.8) is 0 Å². The fourth-order valence-corrected chi connectivity index (χ4v) is 2.92. The molecule has 0 aliphatic heterocycles. The van der Waals surface area contributed by atoms with Crippen molar-refractivity contribution in [2.45, 2.75) is 52.7 Å². The van der Waals surface area contributed by atoms with E-state index in [1.165, 1.54) is 7.05 Å². The Kier molecular flexibility index (Phi) is 15.6. The van der Waals surface area contributed by atoms with Crippen LogP contribution in [0.3, 0.4) is 0 Å². The highest BCUT2D eigenvalue weighted by molar-refractivity contribution is 5.40. The SMILES string of the molecule is CC.CC.CN.C[C@@H](O)[C@@H](c1ccccn1)[C@H](Nc1ccccn1)c1ccccc1. The standard InChI is InChI=1S/C20H21N3O.2C2H6.CH5N/c1-15(24)19(17-11-5-7-13-21-17)20(16-9-3-2-4-10-16)23-18-12-6-8-14-22-18;3*1-2/h2-15,19-20,24H,1H3,(H,22,23);2*1-2H3;2H2,1H3/t15-,19+,20-;;;/m1.../s1. The van der Waals surface area contributed by atoms with E-state index in [1.54, 1.807) is 19.3 Å². The highest BCUT2D eigenvalue weighted by Crippen LogP contribution is 2.35. The van der Waals surface area contributed by atoms with Gasteiger partial charge in [0.05, 0.1) is 18.1 Å². The Bertz CT molecular complexity index is 737. The van der Waals surface area contributed by atoms with Crippen molar-refractivity contribution >= 4 is 5.82 Å². The van der Waals surface area contributed by atoms with E-state index in [4.69, 9.17) is 0 Å². The Labute approximate surface area is 182 Å². The van der Waals surface area contributed by atoms with Crippen molar-refractivity contribution in [2.24, 2.45) is 5.73 Å². The first-order valence-corrected chi connectivity index (χ1v) is 10.6. The van der Waals surface area contributed by atoms with E-state index >= 15 is 0 Å². The summed E-state index contributed by atoms with van der Waals surface area (Å²) < 4.78 is 0. The molecule has 3 aromatic rings. The van der Waals surface area contributed by atoms with Gasteiger partial charge in [-0.05, 0) is 43.8 Å². The van der Waals surface area contributed by atoms with Crippen LogP contribution < -0.4 is 11.1 Å². The Morgan fingerprint density at radius 3 is 1.77 bits per heavy atom. The molecular formula is C25H38N4O. The van der Waals surface area contributed by atoms with Gasteiger partial charge in [-0.25, -0.2) is 4.98 Å². The summed E-state index contributed by atoms with van der Waals surface area (Å²) >= 11 is 0. The van der Waals surface area contributed by atoms with Gasteiger partial charge in [0.1, 0.15) is 5.82 Å². The molecule has 30 heavy (non-hydrogen) atoms.